The predicted molar refractivity (Wildman–Crippen MR) is 65.8 cm³/mol. The van der Waals surface area contributed by atoms with Gasteiger partial charge >= 0.3 is 0 Å². The van der Waals surface area contributed by atoms with Crippen LogP contribution in [0.1, 0.15) is 66.2 Å². The zero-order valence-corrected chi connectivity index (χ0v) is 10.9. The first-order valence-corrected chi connectivity index (χ1v) is 6.63. The summed E-state index contributed by atoms with van der Waals surface area (Å²) in [6.45, 7) is 9.20. The van der Waals surface area contributed by atoms with Crippen molar-refractivity contribution in [2.45, 2.75) is 72.3 Å². The van der Waals surface area contributed by atoms with Crippen molar-refractivity contribution in [1.82, 2.24) is 0 Å². The van der Waals surface area contributed by atoms with Crippen LogP contribution < -0.4 is 0 Å². The Labute approximate surface area is 95.3 Å². The highest BCUT2D eigenvalue weighted by Gasteiger charge is 2.31. The lowest BCUT2D eigenvalue weighted by Gasteiger charge is -2.38. The molecule has 0 aliphatic heterocycles. The lowest BCUT2D eigenvalue weighted by molar-refractivity contribution is 0.0477. The zero-order valence-electron chi connectivity index (χ0n) is 10.9. The number of hydrogen-bond acceptors (Lipinski definition) is 1. The van der Waals surface area contributed by atoms with Gasteiger partial charge in [-0.2, -0.15) is 0 Å². The van der Waals surface area contributed by atoms with E-state index in [0.717, 1.165) is 18.8 Å². The molecule has 1 rings (SSSR count). The molecule has 15 heavy (non-hydrogen) atoms. The number of aliphatic hydroxyl groups is 1. The Morgan fingerprint density at radius 3 is 2.07 bits per heavy atom. The summed E-state index contributed by atoms with van der Waals surface area (Å²) >= 11 is 0. The molecule has 90 valence electrons. The molecule has 0 radical (unpaired) electrons. The summed E-state index contributed by atoms with van der Waals surface area (Å²) < 4.78 is 0. The van der Waals surface area contributed by atoms with Crippen molar-refractivity contribution < 1.29 is 5.11 Å². The van der Waals surface area contributed by atoms with Crippen LogP contribution in [0.25, 0.3) is 0 Å². The fraction of sp³-hybridized carbons (Fsp3) is 1.00. The third-order valence-electron chi connectivity index (χ3n) is 4.13. The molecule has 1 atom stereocenters. The Hall–Kier alpha value is -0.0400. The Morgan fingerprint density at radius 1 is 1.13 bits per heavy atom. The van der Waals surface area contributed by atoms with Crippen molar-refractivity contribution in [2.24, 2.45) is 17.3 Å². The second-order valence-electron chi connectivity index (χ2n) is 6.33. The first-order chi connectivity index (χ1) is 6.95. The van der Waals surface area contributed by atoms with E-state index in [1.807, 2.05) is 0 Å². The van der Waals surface area contributed by atoms with Crippen LogP contribution in [0.5, 0.6) is 0 Å². The Balaban J connectivity index is 2.36. The molecule has 1 nitrogen and oxygen atoms in total. The highest BCUT2D eigenvalue weighted by molar-refractivity contribution is 4.82. The van der Waals surface area contributed by atoms with Crippen LogP contribution in [0.2, 0.25) is 0 Å². The molecular weight excluding hydrogens is 184 g/mol. The Kier molecular flexibility index (Phi) is 4.64. The molecule has 0 unspecified atom stereocenters. The summed E-state index contributed by atoms with van der Waals surface area (Å²) in [5, 5.41) is 9.96. The van der Waals surface area contributed by atoms with Crippen LogP contribution in [-0.2, 0) is 0 Å². The molecule has 0 bridgehead atoms. The van der Waals surface area contributed by atoms with Crippen LogP contribution >= 0.6 is 0 Å². The topological polar surface area (TPSA) is 20.2 Å². The lowest BCUT2D eigenvalue weighted by Crippen LogP contribution is -2.30. The molecule has 0 amide bonds. The Morgan fingerprint density at radius 2 is 1.67 bits per heavy atom. The average molecular weight is 212 g/mol. The number of rotatable bonds is 3. The van der Waals surface area contributed by atoms with E-state index in [0.29, 0.717) is 11.3 Å². The first-order valence-electron chi connectivity index (χ1n) is 6.63. The molecule has 1 aliphatic carbocycles. The van der Waals surface area contributed by atoms with E-state index in [9.17, 15) is 5.11 Å². The minimum Gasteiger partial charge on any atom is -0.393 e. The second kappa shape index (κ2) is 5.34. The molecule has 1 heteroatoms. The van der Waals surface area contributed by atoms with E-state index in [2.05, 4.69) is 27.7 Å². The fourth-order valence-corrected chi connectivity index (χ4v) is 2.90. The minimum absolute atomic E-state index is 0.0316. The maximum atomic E-state index is 9.96. The molecule has 1 saturated carbocycles. The van der Waals surface area contributed by atoms with Gasteiger partial charge in [0.1, 0.15) is 0 Å². The van der Waals surface area contributed by atoms with E-state index < -0.39 is 0 Å². The molecule has 1 fully saturated rings. The SMILES string of the molecule is CCC[C@H](O)C1CCC(C(C)(C)C)CC1. The van der Waals surface area contributed by atoms with Gasteiger partial charge in [-0.05, 0) is 49.4 Å². The molecule has 0 aromatic rings. The molecule has 0 aromatic carbocycles. The molecule has 0 heterocycles. The lowest BCUT2D eigenvalue weighted by atomic mass is 9.68. The van der Waals surface area contributed by atoms with Crippen LogP contribution in [0.15, 0.2) is 0 Å². The smallest absolute Gasteiger partial charge is 0.0568 e. The molecule has 0 saturated heterocycles. The van der Waals surface area contributed by atoms with Gasteiger partial charge in [-0.25, -0.2) is 0 Å². The monoisotopic (exact) mass is 212 g/mol. The van der Waals surface area contributed by atoms with Crippen LogP contribution in [-0.4, -0.2) is 11.2 Å². The van der Waals surface area contributed by atoms with Gasteiger partial charge in [0, 0.05) is 0 Å². The van der Waals surface area contributed by atoms with E-state index in [-0.39, 0.29) is 6.10 Å². The van der Waals surface area contributed by atoms with E-state index in [1.54, 1.807) is 0 Å². The number of aliphatic hydroxyl groups excluding tert-OH is 1. The van der Waals surface area contributed by atoms with Crippen LogP contribution in [0.3, 0.4) is 0 Å². The summed E-state index contributed by atoms with van der Waals surface area (Å²) in [5.74, 6) is 1.45. The first kappa shape index (κ1) is 13.0. The molecular formula is C14H28O. The molecule has 0 aromatic heterocycles. The largest absolute Gasteiger partial charge is 0.393 e. The predicted octanol–water partition coefficient (Wildman–Crippen LogP) is 4.00. The summed E-state index contributed by atoms with van der Waals surface area (Å²) in [5.41, 5.74) is 0.459. The quantitative estimate of drug-likeness (QED) is 0.749. The van der Waals surface area contributed by atoms with Gasteiger partial charge in [0.2, 0.25) is 0 Å². The van der Waals surface area contributed by atoms with Crippen LogP contribution in [0.4, 0.5) is 0 Å². The van der Waals surface area contributed by atoms with Gasteiger partial charge in [-0.3, -0.25) is 0 Å². The van der Waals surface area contributed by atoms with Gasteiger partial charge in [0.05, 0.1) is 6.10 Å². The van der Waals surface area contributed by atoms with E-state index >= 15 is 0 Å². The maximum Gasteiger partial charge on any atom is 0.0568 e. The van der Waals surface area contributed by atoms with E-state index in [1.165, 1.54) is 25.7 Å². The standard InChI is InChI=1S/C14H28O/c1-5-6-13(15)11-7-9-12(10-8-11)14(2,3)4/h11-13,15H,5-10H2,1-4H3/t11?,12?,13-/m0/s1. The Bertz CT molecular complexity index is 172. The third-order valence-corrected chi connectivity index (χ3v) is 4.13. The molecule has 1 aliphatic rings. The van der Waals surface area contributed by atoms with Crippen LogP contribution in [0, 0.1) is 17.3 Å². The third kappa shape index (κ3) is 3.79. The molecule has 1 N–H and O–H groups in total. The normalized spacial score (nSPS) is 30.2. The second-order valence-corrected chi connectivity index (χ2v) is 6.33. The van der Waals surface area contributed by atoms with Gasteiger partial charge in [-0.15, -0.1) is 0 Å². The van der Waals surface area contributed by atoms with Crippen molar-refractivity contribution in [2.75, 3.05) is 0 Å². The fourth-order valence-electron chi connectivity index (χ4n) is 2.90. The van der Waals surface area contributed by atoms with Crippen molar-refractivity contribution in [1.29, 1.82) is 0 Å². The van der Waals surface area contributed by atoms with Crippen molar-refractivity contribution in [3.8, 4) is 0 Å². The highest BCUT2D eigenvalue weighted by atomic mass is 16.3. The van der Waals surface area contributed by atoms with E-state index in [4.69, 9.17) is 0 Å². The van der Waals surface area contributed by atoms with Crippen molar-refractivity contribution in [3.05, 3.63) is 0 Å². The molecule has 0 spiro atoms. The van der Waals surface area contributed by atoms with Gasteiger partial charge in [-0.1, -0.05) is 34.1 Å². The highest BCUT2D eigenvalue weighted by Crippen LogP contribution is 2.41. The zero-order chi connectivity index (χ0) is 11.5. The van der Waals surface area contributed by atoms with Crippen molar-refractivity contribution >= 4 is 0 Å². The van der Waals surface area contributed by atoms with Crippen molar-refractivity contribution in [3.63, 3.8) is 0 Å². The summed E-state index contributed by atoms with van der Waals surface area (Å²) in [6, 6.07) is 0. The average Bonchev–Trinajstić information content (AvgIpc) is 2.17. The minimum atomic E-state index is -0.0316. The van der Waals surface area contributed by atoms with Gasteiger partial charge < -0.3 is 5.11 Å². The van der Waals surface area contributed by atoms with Gasteiger partial charge in [0.15, 0.2) is 0 Å². The maximum absolute atomic E-state index is 9.96. The summed E-state index contributed by atoms with van der Waals surface area (Å²) in [6.07, 6.45) is 7.18. The van der Waals surface area contributed by atoms with Gasteiger partial charge in [0.25, 0.3) is 0 Å². The number of hydrogen-bond donors (Lipinski definition) is 1. The summed E-state index contributed by atoms with van der Waals surface area (Å²) in [4.78, 5) is 0. The summed E-state index contributed by atoms with van der Waals surface area (Å²) in [7, 11) is 0.